The van der Waals surface area contributed by atoms with E-state index in [-0.39, 0.29) is 0 Å². The molecule has 0 saturated carbocycles. The van der Waals surface area contributed by atoms with E-state index in [1.807, 2.05) is 35.5 Å². The summed E-state index contributed by atoms with van der Waals surface area (Å²) >= 11 is 0. The number of H-pyrrole nitrogens is 1. The van der Waals surface area contributed by atoms with Gasteiger partial charge in [-0.05, 0) is 35.4 Å². The second kappa shape index (κ2) is 8.85. The van der Waals surface area contributed by atoms with Gasteiger partial charge in [0.2, 0.25) is 0 Å². The highest BCUT2D eigenvalue weighted by Crippen LogP contribution is 2.34. The van der Waals surface area contributed by atoms with Crippen molar-refractivity contribution in [2.75, 3.05) is 33.3 Å². The number of pyridine rings is 1. The maximum absolute atomic E-state index is 5.97. The fourth-order valence-electron chi connectivity index (χ4n) is 3.89. The smallest absolute Gasteiger partial charge is 0.181 e. The van der Waals surface area contributed by atoms with Crippen LogP contribution in [0.5, 0.6) is 5.75 Å². The van der Waals surface area contributed by atoms with E-state index in [1.54, 1.807) is 7.11 Å². The number of rotatable bonds is 6. The molecule has 0 spiro atoms. The van der Waals surface area contributed by atoms with Gasteiger partial charge in [-0.3, -0.25) is 9.94 Å². The van der Waals surface area contributed by atoms with Crippen molar-refractivity contribution in [3.8, 4) is 28.1 Å². The second-order valence-corrected chi connectivity index (χ2v) is 7.55. The average Bonchev–Trinajstić information content (AvgIpc) is 3.26. The third-order valence-corrected chi connectivity index (χ3v) is 5.54. The SMILES string of the molecule is COc1ccccc1-c1[nH]nc2ncc(-c3cccc(CON4CCNCC4)c3)cc12. The standard InChI is InChI=1S/C24H25N5O2/c1-30-22-8-3-2-7-20(22)23-21-14-19(15-26-24(21)28-27-23)18-6-4-5-17(13-18)16-31-29-11-9-25-10-12-29/h2-8,13-15,25H,9-12,16H2,1H3,(H,26,27,28). The Kier molecular flexibility index (Phi) is 5.62. The molecule has 2 aromatic heterocycles. The van der Waals surface area contributed by atoms with Crippen LogP contribution in [0.4, 0.5) is 0 Å². The fourth-order valence-corrected chi connectivity index (χ4v) is 3.89. The number of nitrogens with zero attached hydrogens (tertiary/aromatic N) is 3. The second-order valence-electron chi connectivity index (χ2n) is 7.55. The largest absolute Gasteiger partial charge is 0.496 e. The molecule has 1 fully saturated rings. The average molecular weight is 415 g/mol. The van der Waals surface area contributed by atoms with Gasteiger partial charge in [0, 0.05) is 48.9 Å². The molecule has 0 amide bonds. The molecule has 0 unspecified atom stereocenters. The lowest BCUT2D eigenvalue weighted by Gasteiger charge is -2.26. The maximum atomic E-state index is 5.97. The molecule has 5 rings (SSSR count). The fraction of sp³-hybridized carbons (Fsp3) is 0.250. The Labute approximate surface area is 181 Å². The number of nitrogens with one attached hydrogen (secondary N) is 2. The summed E-state index contributed by atoms with van der Waals surface area (Å²) in [4.78, 5) is 10.5. The molecule has 1 saturated heterocycles. The van der Waals surface area contributed by atoms with Gasteiger partial charge in [-0.15, -0.1) is 0 Å². The predicted octanol–water partition coefficient (Wildman–Crippen LogP) is 3.64. The molecule has 0 aliphatic carbocycles. The van der Waals surface area contributed by atoms with Gasteiger partial charge in [-0.25, -0.2) is 4.98 Å². The number of hydrogen-bond donors (Lipinski definition) is 2. The Hall–Kier alpha value is -3.26. The first-order chi connectivity index (χ1) is 15.3. The predicted molar refractivity (Wildman–Crippen MR) is 121 cm³/mol. The highest BCUT2D eigenvalue weighted by atomic mass is 16.7. The Morgan fingerprint density at radius 1 is 1.00 bits per heavy atom. The molecule has 1 aliphatic rings. The topological polar surface area (TPSA) is 75.3 Å². The number of aromatic amines is 1. The van der Waals surface area contributed by atoms with E-state index in [0.29, 0.717) is 12.3 Å². The van der Waals surface area contributed by atoms with Crippen LogP contribution in [0, 0.1) is 0 Å². The highest BCUT2D eigenvalue weighted by Gasteiger charge is 2.14. The minimum Gasteiger partial charge on any atom is -0.496 e. The molecule has 2 aromatic carbocycles. The van der Waals surface area contributed by atoms with Crippen molar-refractivity contribution < 1.29 is 9.57 Å². The van der Waals surface area contributed by atoms with E-state index in [1.165, 1.54) is 0 Å². The van der Waals surface area contributed by atoms with Gasteiger partial charge in [0.15, 0.2) is 5.65 Å². The van der Waals surface area contributed by atoms with Crippen LogP contribution in [-0.2, 0) is 11.4 Å². The first kappa shape index (κ1) is 19.7. The Morgan fingerprint density at radius 2 is 1.87 bits per heavy atom. The molecular weight excluding hydrogens is 390 g/mol. The number of methoxy groups -OCH3 is 1. The van der Waals surface area contributed by atoms with E-state index >= 15 is 0 Å². The summed E-state index contributed by atoms with van der Waals surface area (Å²) in [6, 6.07) is 18.5. The summed E-state index contributed by atoms with van der Waals surface area (Å²) in [5, 5.41) is 13.8. The Morgan fingerprint density at radius 3 is 2.74 bits per heavy atom. The quantitative estimate of drug-likeness (QED) is 0.501. The lowest BCUT2D eigenvalue weighted by Crippen LogP contribution is -2.43. The summed E-state index contributed by atoms with van der Waals surface area (Å²) in [5.74, 6) is 0.797. The van der Waals surface area contributed by atoms with Crippen LogP contribution in [0.3, 0.4) is 0 Å². The van der Waals surface area contributed by atoms with E-state index in [4.69, 9.17) is 9.57 Å². The monoisotopic (exact) mass is 415 g/mol. The first-order valence-electron chi connectivity index (χ1n) is 10.5. The maximum Gasteiger partial charge on any atom is 0.181 e. The zero-order valence-corrected chi connectivity index (χ0v) is 17.5. The van der Waals surface area contributed by atoms with Crippen LogP contribution in [0.15, 0.2) is 60.8 Å². The van der Waals surface area contributed by atoms with Crippen molar-refractivity contribution in [2.24, 2.45) is 0 Å². The van der Waals surface area contributed by atoms with Gasteiger partial charge in [0.05, 0.1) is 19.4 Å². The molecule has 158 valence electrons. The number of aromatic nitrogens is 3. The van der Waals surface area contributed by atoms with Crippen LogP contribution >= 0.6 is 0 Å². The number of benzene rings is 2. The van der Waals surface area contributed by atoms with Gasteiger partial charge < -0.3 is 10.1 Å². The molecule has 0 radical (unpaired) electrons. The summed E-state index contributed by atoms with van der Waals surface area (Å²) < 4.78 is 5.54. The molecule has 4 aromatic rings. The Bertz CT molecular complexity index is 1180. The highest BCUT2D eigenvalue weighted by molar-refractivity contribution is 5.94. The normalized spacial score (nSPS) is 14.7. The summed E-state index contributed by atoms with van der Waals surface area (Å²) in [5.41, 5.74) is 5.82. The van der Waals surface area contributed by atoms with Gasteiger partial charge in [-0.1, -0.05) is 30.3 Å². The lowest BCUT2D eigenvalue weighted by atomic mass is 10.0. The number of ether oxygens (including phenoxy) is 1. The van der Waals surface area contributed by atoms with Crippen molar-refractivity contribution in [3.05, 3.63) is 66.4 Å². The zero-order valence-electron chi connectivity index (χ0n) is 17.5. The number of para-hydroxylation sites is 1. The molecule has 7 nitrogen and oxygen atoms in total. The summed E-state index contributed by atoms with van der Waals surface area (Å²) in [7, 11) is 1.68. The molecule has 7 heteroatoms. The van der Waals surface area contributed by atoms with Crippen molar-refractivity contribution in [1.29, 1.82) is 0 Å². The van der Waals surface area contributed by atoms with E-state index < -0.39 is 0 Å². The van der Waals surface area contributed by atoms with Crippen LogP contribution in [0.2, 0.25) is 0 Å². The molecule has 0 atom stereocenters. The third kappa shape index (κ3) is 4.16. The number of piperazine rings is 1. The first-order valence-corrected chi connectivity index (χ1v) is 10.5. The van der Waals surface area contributed by atoms with E-state index in [0.717, 1.165) is 65.3 Å². The van der Waals surface area contributed by atoms with Crippen LogP contribution < -0.4 is 10.1 Å². The molecular formula is C24H25N5O2. The molecule has 0 bridgehead atoms. The molecule has 31 heavy (non-hydrogen) atoms. The van der Waals surface area contributed by atoms with E-state index in [9.17, 15) is 0 Å². The summed E-state index contributed by atoms with van der Waals surface area (Å²) in [6.07, 6.45) is 1.87. The number of hydrogen-bond acceptors (Lipinski definition) is 6. The zero-order chi connectivity index (χ0) is 21.0. The number of hydroxylamine groups is 2. The minimum atomic E-state index is 0.557. The van der Waals surface area contributed by atoms with Gasteiger partial charge >= 0.3 is 0 Å². The van der Waals surface area contributed by atoms with Crippen molar-refractivity contribution in [3.63, 3.8) is 0 Å². The third-order valence-electron chi connectivity index (χ3n) is 5.54. The Balaban J connectivity index is 1.44. The van der Waals surface area contributed by atoms with Crippen LogP contribution in [0.25, 0.3) is 33.4 Å². The lowest BCUT2D eigenvalue weighted by molar-refractivity contribution is -0.174. The molecule has 3 heterocycles. The van der Waals surface area contributed by atoms with Crippen LogP contribution in [0.1, 0.15) is 5.56 Å². The molecule has 1 aliphatic heterocycles. The number of fused-ring (bicyclic) bond motifs is 1. The van der Waals surface area contributed by atoms with Gasteiger partial charge in [-0.2, -0.15) is 10.2 Å². The van der Waals surface area contributed by atoms with Crippen molar-refractivity contribution in [2.45, 2.75) is 6.61 Å². The summed E-state index contributed by atoms with van der Waals surface area (Å²) in [6.45, 7) is 4.30. The molecule has 2 N–H and O–H groups in total. The van der Waals surface area contributed by atoms with E-state index in [2.05, 4.69) is 50.8 Å². The van der Waals surface area contributed by atoms with Crippen molar-refractivity contribution in [1.82, 2.24) is 25.6 Å². The van der Waals surface area contributed by atoms with Gasteiger partial charge in [0.1, 0.15) is 5.75 Å². The van der Waals surface area contributed by atoms with Crippen LogP contribution in [-0.4, -0.2) is 53.5 Å². The van der Waals surface area contributed by atoms with Crippen molar-refractivity contribution >= 4 is 11.0 Å². The minimum absolute atomic E-state index is 0.557. The van der Waals surface area contributed by atoms with Gasteiger partial charge in [0.25, 0.3) is 0 Å².